The van der Waals surface area contributed by atoms with Gasteiger partial charge in [0.15, 0.2) is 0 Å². The van der Waals surface area contributed by atoms with Gasteiger partial charge in [0.1, 0.15) is 12.0 Å². The van der Waals surface area contributed by atoms with Gasteiger partial charge in [-0.2, -0.15) is 5.10 Å². The van der Waals surface area contributed by atoms with Gasteiger partial charge in [0.25, 0.3) is 0 Å². The molecule has 8 heteroatoms. The zero-order valence-corrected chi connectivity index (χ0v) is 16.3. The maximum atomic E-state index is 5.97. The van der Waals surface area contributed by atoms with E-state index < -0.39 is 0 Å². The van der Waals surface area contributed by atoms with Crippen molar-refractivity contribution in [2.24, 2.45) is 13.0 Å². The molecule has 1 unspecified atom stereocenters. The second kappa shape index (κ2) is 6.51. The molecule has 0 aliphatic heterocycles. The largest absolute Gasteiger partial charge is 0.447 e. The normalized spacial score (nSPS) is 15.9. The van der Waals surface area contributed by atoms with Crippen LogP contribution in [0.1, 0.15) is 31.2 Å². The molecule has 5 rings (SSSR count). The fourth-order valence-electron chi connectivity index (χ4n) is 3.73. The molecule has 0 amide bonds. The Morgan fingerprint density at radius 2 is 1.83 bits per heavy atom. The fraction of sp³-hybridized carbons (Fsp3) is 0.286. The van der Waals surface area contributed by atoms with Crippen molar-refractivity contribution < 1.29 is 4.42 Å². The Labute approximate surface area is 167 Å². The van der Waals surface area contributed by atoms with Crippen LogP contribution in [0.5, 0.6) is 0 Å². The first kappa shape index (κ1) is 17.5. The lowest BCUT2D eigenvalue weighted by Gasteiger charge is -2.26. The second-order valence-corrected chi connectivity index (χ2v) is 7.68. The topological polar surface area (TPSA) is 109 Å². The smallest absolute Gasteiger partial charge is 0.219 e. The number of nitrogens with two attached hydrogens (primary N) is 1. The van der Waals surface area contributed by atoms with Crippen molar-refractivity contribution in [3.8, 4) is 22.5 Å². The molecule has 1 fully saturated rings. The Hall–Kier alpha value is -3.55. The number of oxazole rings is 1. The first-order valence-electron chi connectivity index (χ1n) is 9.53. The molecule has 0 aromatic carbocycles. The van der Waals surface area contributed by atoms with E-state index in [4.69, 9.17) is 15.1 Å². The monoisotopic (exact) mass is 387 g/mol. The highest BCUT2D eigenvalue weighted by atomic mass is 16.3. The number of aromatic nitrogens is 6. The zero-order chi connectivity index (χ0) is 20.0. The number of pyridine rings is 1. The highest BCUT2D eigenvalue weighted by Crippen LogP contribution is 2.51. The molecule has 4 aromatic rings. The van der Waals surface area contributed by atoms with Gasteiger partial charge in [-0.05, 0) is 37.3 Å². The van der Waals surface area contributed by atoms with E-state index in [1.807, 2.05) is 25.5 Å². The molecule has 2 N–H and O–H groups in total. The van der Waals surface area contributed by atoms with E-state index >= 15 is 0 Å². The molecule has 1 atom stereocenters. The van der Waals surface area contributed by atoms with Crippen LogP contribution in [0.4, 0.5) is 5.95 Å². The van der Waals surface area contributed by atoms with Crippen LogP contribution in [0.3, 0.4) is 0 Å². The van der Waals surface area contributed by atoms with Crippen molar-refractivity contribution in [3.05, 3.63) is 60.8 Å². The first-order valence-corrected chi connectivity index (χ1v) is 9.53. The highest BCUT2D eigenvalue weighted by Gasteiger charge is 2.47. The lowest BCUT2D eigenvalue weighted by Crippen LogP contribution is -2.27. The molecule has 0 saturated heterocycles. The van der Waals surface area contributed by atoms with E-state index in [0.29, 0.717) is 11.8 Å². The highest BCUT2D eigenvalue weighted by molar-refractivity contribution is 5.58. The first-order chi connectivity index (χ1) is 14.0. The summed E-state index contributed by atoms with van der Waals surface area (Å²) >= 11 is 0. The molecular formula is C21H21N7O. The standard InChI is InChI=1S/C21H21N7O/c1-21(15-3-4-15,19-27-18(12-29-19)14-9-26-28(2)11-14)16-5-6-17(23-10-16)13-7-24-20(22)25-8-13/h5-12,15H,3-4H2,1-2H3,(H2,22,24,25). The molecule has 1 aliphatic rings. The van der Waals surface area contributed by atoms with Crippen molar-refractivity contribution in [1.29, 1.82) is 0 Å². The van der Waals surface area contributed by atoms with Crippen LogP contribution in [0.25, 0.3) is 22.5 Å². The van der Waals surface area contributed by atoms with Crippen molar-refractivity contribution in [3.63, 3.8) is 0 Å². The minimum Gasteiger partial charge on any atom is -0.447 e. The Balaban J connectivity index is 1.50. The van der Waals surface area contributed by atoms with Crippen LogP contribution >= 0.6 is 0 Å². The third-order valence-electron chi connectivity index (χ3n) is 5.67. The van der Waals surface area contributed by atoms with E-state index in [2.05, 4.69) is 33.0 Å². The number of aryl methyl sites for hydroxylation is 1. The van der Waals surface area contributed by atoms with Gasteiger partial charge in [-0.1, -0.05) is 6.07 Å². The predicted molar refractivity (Wildman–Crippen MR) is 108 cm³/mol. The summed E-state index contributed by atoms with van der Waals surface area (Å²) in [6.07, 6.45) is 13.0. The Morgan fingerprint density at radius 1 is 1.03 bits per heavy atom. The summed E-state index contributed by atoms with van der Waals surface area (Å²) in [5.41, 5.74) is 9.69. The molecule has 4 heterocycles. The van der Waals surface area contributed by atoms with Crippen LogP contribution in [0.15, 0.2) is 53.8 Å². The van der Waals surface area contributed by atoms with Crippen LogP contribution in [-0.4, -0.2) is 29.7 Å². The van der Waals surface area contributed by atoms with Crippen molar-refractivity contribution >= 4 is 5.95 Å². The molecule has 146 valence electrons. The van der Waals surface area contributed by atoms with Gasteiger partial charge in [0.05, 0.1) is 17.3 Å². The Kier molecular flexibility index (Phi) is 3.94. The summed E-state index contributed by atoms with van der Waals surface area (Å²) in [6, 6.07) is 4.07. The fourth-order valence-corrected chi connectivity index (χ4v) is 3.73. The van der Waals surface area contributed by atoms with E-state index in [-0.39, 0.29) is 11.4 Å². The molecular weight excluding hydrogens is 366 g/mol. The molecule has 8 nitrogen and oxygen atoms in total. The summed E-state index contributed by atoms with van der Waals surface area (Å²) in [5.74, 6) is 1.44. The summed E-state index contributed by atoms with van der Waals surface area (Å²) < 4.78 is 7.72. The van der Waals surface area contributed by atoms with Crippen LogP contribution in [0.2, 0.25) is 0 Å². The number of anilines is 1. The van der Waals surface area contributed by atoms with Crippen LogP contribution < -0.4 is 5.73 Å². The number of hydrogen-bond acceptors (Lipinski definition) is 7. The van der Waals surface area contributed by atoms with Crippen molar-refractivity contribution in [2.45, 2.75) is 25.2 Å². The van der Waals surface area contributed by atoms with E-state index in [1.54, 1.807) is 29.5 Å². The third kappa shape index (κ3) is 3.06. The minimum absolute atomic E-state index is 0.250. The average molecular weight is 387 g/mol. The van der Waals surface area contributed by atoms with Crippen LogP contribution in [-0.2, 0) is 12.5 Å². The average Bonchev–Trinajstić information content (AvgIpc) is 3.32. The molecule has 0 radical (unpaired) electrons. The van der Waals surface area contributed by atoms with Crippen molar-refractivity contribution in [1.82, 2.24) is 29.7 Å². The predicted octanol–water partition coefficient (Wildman–Crippen LogP) is 3.23. The lowest BCUT2D eigenvalue weighted by molar-refractivity contribution is 0.357. The zero-order valence-electron chi connectivity index (χ0n) is 16.3. The van der Waals surface area contributed by atoms with Crippen LogP contribution in [0, 0.1) is 5.92 Å². The minimum atomic E-state index is -0.330. The van der Waals surface area contributed by atoms with Gasteiger partial charge in [0, 0.05) is 43.0 Å². The van der Waals surface area contributed by atoms with Gasteiger partial charge in [-0.3, -0.25) is 9.67 Å². The molecule has 4 aromatic heterocycles. The van der Waals surface area contributed by atoms with Gasteiger partial charge >= 0.3 is 0 Å². The number of hydrogen-bond donors (Lipinski definition) is 1. The lowest BCUT2D eigenvalue weighted by atomic mass is 9.78. The second-order valence-electron chi connectivity index (χ2n) is 7.68. The maximum absolute atomic E-state index is 5.97. The van der Waals surface area contributed by atoms with Gasteiger partial charge in [-0.15, -0.1) is 0 Å². The Morgan fingerprint density at radius 3 is 2.45 bits per heavy atom. The van der Waals surface area contributed by atoms with E-state index in [9.17, 15) is 0 Å². The molecule has 1 aliphatic carbocycles. The van der Waals surface area contributed by atoms with E-state index in [0.717, 1.165) is 40.9 Å². The molecule has 0 bridgehead atoms. The SMILES string of the molecule is Cn1cc(-c2coc(C(C)(c3ccc(-c4cnc(N)nc4)nc3)C3CC3)n2)cn1. The molecule has 0 spiro atoms. The van der Waals surface area contributed by atoms with Gasteiger partial charge in [0.2, 0.25) is 11.8 Å². The third-order valence-corrected chi connectivity index (χ3v) is 5.67. The van der Waals surface area contributed by atoms with Gasteiger partial charge in [-0.25, -0.2) is 15.0 Å². The van der Waals surface area contributed by atoms with Crippen molar-refractivity contribution in [2.75, 3.05) is 5.73 Å². The molecule has 1 saturated carbocycles. The number of nitrogens with zero attached hydrogens (tertiary/aromatic N) is 6. The number of rotatable bonds is 5. The Bertz CT molecular complexity index is 1140. The summed E-state index contributed by atoms with van der Waals surface area (Å²) in [5, 5.41) is 4.22. The number of nitrogen functional groups attached to an aromatic ring is 1. The van der Waals surface area contributed by atoms with Gasteiger partial charge < -0.3 is 10.2 Å². The summed E-state index contributed by atoms with van der Waals surface area (Å²) in [4.78, 5) is 17.5. The summed E-state index contributed by atoms with van der Waals surface area (Å²) in [7, 11) is 1.89. The molecule has 29 heavy (non-hydrogen) atoms. The maximum Gasteiger partial charge on any atom is 0.219 e. The summed E-state index contributed by atoms with van der Waals surface area (Å²) in [6.45, 7) is 2.19. The van der Waals surface area contributed by atoms with E-state index in [1.165, 1.54) is 0 Å². The quantitative estimate of drug-likeness (QED) is 0.560.